The topological polar surface area (TPSA) is 121 Å². The minimum atomic E-state index is -3.85. The molecule has 0 aliphatic heterocycles. The molecule has 2 rings (SSSR count). The van der Waals surface area contributed by atoms with Gasteiger partial charge in [0.1, 0.15) is 4.90 Å². The molecule has 9 heteroatoms. The lowest BCUT2D eigenvalue weighted by Gasteiger charge is -2.14. The molecule has 0 aromatic heterocycles. The van der Waals surface area contributed by atoms with E-state index in [4.69, 9.17) is 4.74 Å². The fourth-order valence-corrected chi connectivity index (χ4v) is 3.93. The molecule has 0 unspecified atom stereocenters. The lowest BCUT2D eigenvalue weighted by Crippen LogP contribution is -2.17. The van der Waals surface area contributed by atoms with Crippen LogP contribution in [0.15, 0.2) is 29.2 Å². The molecule has 0 aliphatic carbocycles. The first-order chi connectivity index (χ1) is 13.3. The number of ether oxygens (including phenoxy) is 1. The summed E-state index contributed by atoms with van der Waals surface area (Å²) in [6.07, 6.45) is 0.834. The van der Waals surface area contributed by atoms with Gasteiger partial charge >= 0.3 is 5.97 Å². The highest BCUT2D eigenvalue weighted by molar-refractivity contribution is 7.90. The Hall–Kier alpha value is -3.07. The zero-order valence-corrected chi connectivity index (χ0v) is 17.5. The number of esters is 1. The molecule has 0 N–H and O–H groups in total. The van der Waals surface area contributed by atoms with Crippen molar-refractivity contribution in [3.63, 3.8) is 0 Å². The van der Waals surface area contributed by atoms with E-state index in [0.29, 0.717) is 5.56 Å². The number of sulfone groups is 1. The predicted octanol–water partition coefficient (Wildman–Crippen LogP) is 3.27. The van der Waals surface area contributed by atoms with Crippen LogP contribution in [0.3, 0.4) is 0 Å². The van der Waals surface area contributed by atoms with Gasteiger partial charge in [-0.3, -0.25) is 14.9 Å². The number of Topliss-reactive ketones (excluding diaryl/α,β-unsaturated/α-hetero) is 1. The molecule has 0 saturated heterocycles. The van der Waals surface area contributed by atoms with Crippen molar-refractivity contribution in [2.75, 3.05) is 12.9 Å². The Morgan fingerprint density at radius 3 is 2.21 bits per heavy atom. The zero-order valence-electron chi connectivity index (χ0n) is 16.7. The van der Waals surface area contributed by atoms with E-state index in [9.17, 15) is 28.1 Å². The summed E-state index contributed by atoms with van der Waals surface area (Å²) in [5, 5.41) is 11.2. The molecule has 0 amide bonds. The van der Waals surface area contributed by atoms with E-state index in [2.05, 4.69) is 0 Å². The average molecular weight is 419 g/mol. The van der Waals surface area contributed by atoms with Crippen molar-refractivity contribution in [3.05, 3.63) is 67.8 Å². The summed E-state index contributed by atoms with van der Waals surface area (Å²) < 4.78 is 28.3. The Kier molecular flexibility index (Phi) is 6.22. The molecule has 2 aromatic rings. The SMILES string of the molecule is Cc1cc(C)c(C(=O)COC(=O)c2ccc(S(C)(=O)=O)c([N+](=O)[O-])c2)c(C)c1C. The number of hydrogen-bond acceptors (Lipinski definition) is 7. The van der Waals surface area contributed by atoms with Gasteiger partial charge in [-0.15, -0.1) is 0 Å². The standard InChI is InChI=1S/C20H21NO7S/c1-11-8-12(2)19(14(4)13(11)3)17(22)10-28-20(23)15-6-7-18(29(5,26)27)16(9-15)21(24)25/h6-9H,10H2,1-5H3. The number of nitro groups is 1. The van der Waals surface area contributed by atoms with Crippen molar-refractivity contribution in [1.82, 2.24) is 0 Å². The highest BCUT2D eigenvalue weighted by atomic mass is 32.2. The normalized spacial score (nSPS) is 11.2. The third-order valence-corrected chi connectivity index (χ3v) is 5.90. The van der Waals surface area contributed by atoms with Crippen LogP contribution in [0.5, 0.6) is 0 Å². The van der Waals surface area contributed by atoms with Crippen LogP contribution < -0.4 is 0 Å². The maximum absolute atomic E-state index is 12.6. The second kappa shape index (κ2) is 8.12. The van der Waals surface area contributed by atoms with Gasteiger partial charge in [-0.2, -0.15) is 0 Å². The molecule has 154 valence electrons. The van der Waals surface area contributed by atoms with Crippen molar-refractivity contribution in [3.8, 4) is 0 Å². The van der Waals surface area contributed by atoms with E-state index in [1.165, 1.54) is 0 Å². The number of rotatable bonds is 6. The van der Waals surface area contributed by atoms with Gasteiger partial charge in [0, 0.05) is 17.9 Å². The van der Waals surface area contributed by atoms with Crippen LogP contribution in [0.2, 0.25) is 0 Å². The van der Waals surface area contributed by atoms with Crippen LogP contribution in [-0.2, 0) is 14.6 Å². The third-order valence-electron chi connectivity index (χ3n) is 4.76. The Balaban J connectivity index is 2.26. The van der Waals surface area contributed by atoms with Gasteiger partial charge < -0.3 is 4.74 Å². The molecule has 29 heavy (non-hydrogen) atoms. The maximum Gasteiger partial charge on any atom is 0.338 e. The highest BCUT2D eigenvalue weighted by Crippen LogP contribution is 2.26. The smallest absolute Gasteiger partial charge is 0.338 e. The second-order valence-corrected chi connectivity index (χ2v) is 8.83. The van der Waals surface area contributed by atoms with Gasteiger partial charge in [0.25, 0.3) is 5.69 Å². The number of ketones is 1. The first-order valence-electron chi connectivity index (χ1n) is 8.60. The fraction of sp³-hybridized carbons (Fsp3) is 0.300. The van der Waals surface area contributed by atoms with E-state index in [-0.39, 0.29) is 5.56 Å². The minimum Gasteiger partial charge on any atom is -0.454 e. The zero-order chi connectivity index (χ0) is 22.1. The molecule has 0 radical (unpaired) electrons. The first-order valence-corrected chi connectivity index (χ1v) is 10.5. The van der Waals surface area contributed by atoms with Gasteiger partial charge in [0.2, 0.25) is 5.78 Å². The van der Waals surface area contributed by atoms with Gasteiger partial charge in [-0.05, 0) is 62.1 Å². The molecule has 8 nitrogen and oxygen atoms in total. The van der Waals surface area contributed by atoms with Crippen molar-refractivity contribution in [1.29, 1.82) is 0 Å². The molecular weight excluding hydrogens is 398 g/mol. The molecule has 2 aromatic carbocycles. The lowest BCUT2D eigenvalue weighted by molar-refractivity contribution is -0.387. The maximum atomic E-state index is 12.6. The minimum absolute atomic E-state index is 0.217. The molecule has 0 fully saturated rings. The third kappa shape index (κ3) is 4.68. The summed E-state index contributed by atoms with van der Waals surface area (Å²) in [7, 11) is -3.85. The summed E-state index contributed by atoms with van der Waals surface area (Å²) in [4.78, 5) is 34.6. The molecular formula is C20H21NO7S. The number of nitrogens with zero attached hydrogens (tertiary/aromatic N) is 1. The van der Waals surface area contributed by atoms with Crippen LogP contribution in [-0.4, -0.2) is 38.0 Å². The predicted molar refractivity (Wildman–Crippen MR) is 106 cm³/mol. The molecule has 0 bridgehead atoms. The van der Waals surface area contributed by atoms with Gasteiger partial charge in [0.05, 0.1) is 10.5 Å². The number of aryl methyl sites for hydroxylation is 2. The Morgan fingerprint density at radius 1 is 1.03 bits per heavy atom. The number of carbonyl (C=O) groups excluding carboxylic acids is 2. The summed E-state index contributed by atoms with van der Waals surface area (Å²) in [6, 6.07) is 4.80. The first kappa shape index (κ1) is 22.2. The molecule has 0 atom stereocenters. The van der Waals surface area contributed by atoms with E-state index in [1.807, 2.05) is 26.8 Å². The summed E-state index contributed by atoms with van der Waals surface area (Å²) in [5.41, 5.74) is 3.11. The average Bonchev–Trinajstić information content (AvgIpc) is 2.63. The van der Waals surface area contributed by atoms with E-state index in [0.717, 1.165) is 46.7 Å². The van der Waals surface area contributed by atoms with Gasteiger partial charge in [-0.1, -0.05) is 6.07 Å². The number of benzene rings is 2. The van der Waals surface area contributed by atoms with Crippen molar-refractivity contribution in [2.45, 2.75) is 32.6 Å². The van der Waals surface area contributed by atoms with E-state index >= 15 is 0 Å². The summed E-state index contributed by atoms with van der Waals surface area (Å²) >= 11 is 0. The fourth-order valence-electron chi connectivity index (χ4n) is 3.10. The Labute approximate surface area is 168 Å². The van der Waals surface area contributed by atoms with Crippen molar-refractivity contribution >= 4 is 27.3 Å². The quantitative estimate of drug-likeness (QED) is 0.305. The molecule has 0 aliphatic rings. The molecule has 0 heterocycles. The van der Waals surface area contributed by atoms with Crippen molar-refractivity contribution < 1.29 is 27.7 Å². The number of hydrogen-bond donors (Lipinski definition) is 0. The molecule has 0 saturated carbocycles. The lowest BCUT2D eigenvalue weighted by atomic mass is 9.92. The van der Waals surface area contributed by atoms with Crippen LogP contribution in [0.4, 0.5) is 5.69 Å². The monoisotopic (exact) mass is 419 g/mol. The van der Waals surface area contributed by atoms with Crippen LogP contribution in [0.1, 0.15) is 43.0 Å². The van der Waals surface area contributed by atoms with Crippen molar-refractivity contribution in [2.24, 2.45) is 0 Å². The van der Waals surface area contributed by atoms with Gasteiger partial charge in [-0.25, -0.2) is 13.2 Å². The van der Waals surface area contributed by atoms with E-state index in [1.54, 1.807) is 6.92 Å². The largest absolute Gasteiger partial charge is 0.454 e. The summed E-state index contributed by atoms with van der Waals surface area (Å²) in [6.45, 7) is 6.91. The highest BCUT2D eigenvalue weighted by Gasteiger charge is 2.25. The van der Waals surface area contributed by atoms with Gasteiger partial charge in [0.15, 0.2) is 16.4 Å². The van der Waals surface area contributed by atoms with Crippen LogP contribution in [0.25, 0.3) is 0 Å². The Morgan fingerprint density at radius 2 is 1.66 bits per heavy atom. The number of nitro benzene ring substituents is 1. The van der Waals surface area contributed by atoms with Crippen LogP contribution in [0, 0.1) is 37.8 Å². The second-order valence-electron chi connectivity index (χ2n) is 6.85. The van der Waals surface area contributed by atoms with E-state index < -0.39 is 43.7 Å². The van der Waals surface area contributed by atoms with Crippen LogP contribution >= 0.6 is 0 Å². The number of carbonyl (C=O) groups is 2. The Bertz CT molecular complexity index is 1130. The summed E-state index contributed by atoms with van der Waals surface area (Å²) in [5.74, 6) is -1.35. The molecule has 0 spiro atoms.